The van der Waals surface area contributed by atoms with Crippen molar-refractivity contribution in [2.75, 3.05) is 12.4 Å². The third-order valence-electron chi connectivity index (χ3n) is 4.25. The lowest BCUT2D eigenvalue weighted by Crippen LogP contribution is -2.70. The molecule has 2 rings (SSSR count). The standard InChI is InChI=1S/C16H21N3O8S/c1-7(20)27-5-8-6-28-14-11(13(22)19(14)12(8)16(25)26)18-10(21)4-2-3-9(17)15(23)24/h9,11,14H,2-6,17H2,1H3,(H,18,21)(H,23,24)(H,25,26)/t9?,11?,14-/m1/s1. The first-order chi connectivity index (χ1) is 13.1. The Kier molecular flexibility index (Phi) is 7.02. The molecule has 0 aliphatic carbocycles. The summed E-state index contributed by atoms with van der Waals surface area (Å²) in [6.07, 6.45) is 0.368. The van der Waals surface area contributed by atoms with E-state index in [0.29, 0.717) is 5.57 Å². The summed E-state index contributed by atoms with van der Waals surface area (Å²) < 4.78 is 4.84. The van der Waals surface area contributed by atoms with Crippen molar-refractivity contribution in [3.05, 3.63) is 11.3 Å². The number of nitrogens with two attached hydrogens (primary N) is 1. The molecule has 28 heavy (non-hydrogen) atoms. The van der Waals surface area contributed by atoms with E-state index in [1.165, 1.54) is 18.7 Å². The number of rotatable bonds is 9. The van der Waals surface area contributed by atoms with Gasteiger partial charge in [0, 0.05) is 24.7 Å². The van der Waals surface area contributed by atoms with Crippen molar-refractivity contribution in [3.63, 3.8) is 0 Å². The molecule has 0 radical (unpaired) electrons. The van der Waals surface area contributed by atoms with Crippen molar-refractivity contribution in [2.24, 2.45) is 5.73 Å². The number of amides is 2. The number of fused-ring (bicyclic) bond motifs is 1. The zero-order valence-electron chi connectivity index (χ0n) is 15.0. The Morgan fingerprint density at radius 1 is 1.36 bits per heavy atom. The summed E-state index contributed by atoms with van der Waals surface area (Å²) in [5, 5.41) is 20.1. The average molecular weight is 415 g/mol. The van der Waals surface area contributed by atoms with Gasteiger partial charge in [-0.05, 0) is 12.8 Å². The van der Waals surface area contributed by atoms with E-state index in [0.717, 1.165) is 4.90 Å². The molecular weight excluding hydrogens is 394 g/mol. The Hall–Kier alpha value is -2.60. The fourth-order valence-electron chi connectivity index (χ4n) is 2.83. The van der Waals surface area contributed by atoms with Gasteiger partial charge < -0.3 is 26.0 Å². The Labute approximate surface area is 164 Å². The highest BCUT2D eigenvalue weighted by molar-refractivity contribution is 8.00. The number of nitrogens with one attached hydrogen (secondary N) is 1. The number of nitrogens with zero attached hydrogens (tertiary/aromatic N) is 1. The predicted molar refractivity (Wildman–Crippen MR) is 95.8 cm³/mol. The number of carbonyl (C=O) groups is 5. The van der Waals surface area contributed by atoms with Crippen molar-refractivity contribution >= 4 is 41.5 Å². The van der Waals surface area contributed by atoms with Crippen molar-refractivity contribution < 1.29 is 38.9 Å². The van der Waals surface area contributed by atoms with E-state index in [1.54, 1.807) is 0 Å². The largest absolute Gasteiger partial charge is 0.480 e. The Morgan fingerprint density at radius 2 is 2.04 bits per heavy atom. The van der Waals surface area contributed by atoms with Gasteiger partial charge in [0.1, 0.15) is 29.8 Å². The van der Waals surface area contributed by atoms with Gasteiger partial charge in [-0.1, -0.05) is 0 Å². The van der Waals surface area contributed by atoms with E-state index >= 15 is 0 Å². The van der Waals surface area contributed by atoms with Gasteiger partial charge in [0.05, 0.1) is 0 Å². The molecule has 2 aliphatic heterocycles. The lowest BCUT2D eigenvalue weighted by Gasteiger charge is -2.49. The van der Waals surface area contributed by atoms with Gasteiger partial charge >= 0.3 is 17.9 Å². The maximum atomic E-state index is 12.4. The highest BCUT2D eigenvalue weighted by Gasteiger charge is 2.54. The van der Waals surface area contributed by atoms with Gasteiger partial charge in [0.15, 0.2) is 0 Å². The van der Waals surface area contributed by atoms with Crippen molar-refractivity contribution in [1.29, 1.82) is 0 Å². The number of hydrogen-bond acceptors (Lipinski definition) is 8. The van der Waals surface area contributed by atoms with Gasteiger partial charge in [0.2, 0.25) is 5.91 Å². The molecule has 0 aromatic heterocycles. The summed E-state index contributed by atoms with van der Waals surface area (Å²) >= 11 is 1.26. The fourth-order valence-corrected chi connectivity index (χ4v) is 4.16. The molecule has 154 valence electrons. The van der Waals surface area contributed by atoms with Crippen LogP contribution in [0.25, 0.3) is 0 Å². The molecule has 3 atom stereocenters. The Bertz CT molecular complexity index is 737. The normalized spacial score (nSPS) is 22.1. The second-order valence-electron chi connectivity index (χ2n) is 6.33. The number of hydrogen-bond donors (Lipinski definition) is 4. The van der Waals surface area contributed by atoms with Crippen molar-refractivity contribution in [2.45, 2.75) is 43.6 Å². The third kappa shape index (κ3) is 4.81. The highest BCUT2D eigenvalue weighted by atomic mass is 32.2. The summed E-state index contributed by atoms with van der Waals surface area (Å²) in [6, 6.07) is -1.92. The molecule has 5 N–H and O–H groups in total. The fraction of sp³-hybridized carbons (Fsp3) is 0.562. The van der Waals surface area contributed by atoms with Crippen LogP contribution in [-0.4, -0.2) is 74.7 Å². The van der Waals surface area contributed by atoms with E-state index in [-0.39, 0.29) is 37.3 Å². The number of carboxylic acid groups (broad SMARTS) is 2. The molecule has 0 aromatic carbocycles. The predicted octanol–water partition coefficient (Wildman–Crippen LogP) is -1.13. The minimum Gasteiger partial charge on any atom is -0.480 e. The van der Waals surface area contributed by atoms with Crippen LogP contribution in [-0.2, 0) is 28.7 Å². The summed E-state index contributed by atoms with van der Waals surface area (Å²) in [6.45, 7) is 0.977. The lowest BCUT2D eigenvalue weighted by atomic mass is 10.0. The third-order valence-corrected chi connectivity index (χ3v) is 5.59. The first-order valence-electron chi connectivity index (χ1n) is 8.44. The van der Waals surface area contributed by atoms with E-state index in [2.05, 4.69) is 5.32 Å². The van der Waals surface area contributed by atoms with Gasteiger partial charge in [0.25, 0.3) is 5.91 Å². The van der Waals surface area contributed by atoms with Crippen molar-refractivity contribution in [1.82, 2.24) is 10.2 Å². The number of ether oxygens (including phenoxy) is 1. The zero-order valence-corrected chi connectivity index (χ0v) is 15.9. The molecule has 0 aromatic rings. The van der Waals surface area contributed by atoms with Gasteiger partial charge in [-0.3, -0.25) is 24.1 Å². The minimum absolute atomic E-state index is 0.00146. The Balaban J connectivity index is 1.96. The number of esters is 1. The first kappa shape index (κ1) is 21.7. The van der Waals surface area contributed by atoms with Crippen LogP contribution in [0.3, 0.4) is 0 Å². The van der Waals surface area contributed by atoms with Crippen LogP contribution < -0.4 is 11.1 Å². The van der Waals surface area contributed by atoms with E-state index in [1.807, 2.05) is 0 Å². The number of carboxylic acids is 2. The smallest absolute Gasteiger partial charge is 0.352 e. The highest BCUT2D eigenvalue weighted by Crippen LogP contribution is 2.40. The number of thioether (sulfide) groups is 1. The van der Waals surface area contributed by atoms with Gasteiger partial charge in [-0.2, -0.15) is 0 Å². The van der Waals surface area contributed by atoms with Crippen LogP contribution >= 0.6 is 11.8 Å². The van der Waals surface area contributed by atoms with E-state index in [9.17, 15) is 29.1 Å². The monoisotopic (exact) mass is 415 g/mol. The zero-order chi connectivity index (χ0) is 21.0. The summed E-state index contributed by atoms with van der Waals surface area (Å²) in [4.78, 5) is 58.7. The Morgan fingerprint density at radius 3 is 2.61 bits per heavy atom. The summed E-state index contributed by atoms with van der Waals surface area (Å²) in [5.74, 6) is -3.79. The maximum Gasteiger partial charge on any atom is 0.352 e. The number of aliphatic carboxylic acids is 2. The second kappa shape index (κ2) is 9.06. The van der Waals surface area contributed by atoms with Crippen LogP contribution in [0.4, 0.5) is 0 Å². The summed E-state index contributed by atoms with van der Waals surface area (Å²) in [7, 11) is 0. The molecule has 1 fully saturated rings. The van der Waals surface area contributed by atoms with Gasteiger partial charge in [-0.15, -0.1) is 11.8 Å². The molecule has 0 spiro atoms. The lowest BCUT2D eigenvalue weighted by molar-refractivity contribution is -0.151. The minimum atomic E-state index is -1.31. The molecule has 11 nitrogen and oxygen atoms in total. The molecular formula is C16H21N3O8S. The average Bonchev–Trinajstić information content (AvgIpc) is 2.62. The number of β-lactam (4-membered cyclic amide) rings is 1. The second-order valence-corrected chi connectivity index (χ2v) is 7.43. The van der Waals surface area contributed by atoms with Crippen LogP contribution in [0.15, 0.2) is 11.3 Å². The molecule has 2 amide bonds. The molecule has 0 bridgehead atoms. The molecule has 2 heterocycles. The topological polar surface area (TPSA) is 176 Å². The van der Waals surface area contributed by atoms with Crippen LogP contribution in [0.1, 0.15) is 26.2 Å². The van der Waals surface area contributed by atoms with Crippen LogP contribution in [0, 0.1) is 0 Å². The number of carbonyl (C=O) groups excluding carboxylic acids is 3. The molecule has 2 aliphatic rings. The first-order valence-corrected chi connectivity index (χ1v) is 9.49. The van der Waals surface area contributed by atoms with Crippen LogP contribution in [0.2, 0.25) is 0 Å². The maximum absolute atomic E-state index is 12.4. The summed E-state index contributed by atoms with van der Waals surface area (Å²) in [5.41, 5.74) is 5.44. The van der Waals surface area contributed by atoms with E-state index in [4.69, 9.17) is 15.6 Å². The molecule has 2 unspecified atom stereocenters. The van der Waals surface area contributed by atoms with E-state index < -0.39 is 47.2 Å². The van der Waals surface area contributed by atoms with Crippen molar-refractivity contribution in [3.8, 4) is 0 Å². The van der Waals surface area contributed by atoms with Gasteiger partial charge in [-0.25, -0.2) is 4.79 Å². The molecule has 0 saturated carbocycles. The van der Waals surface area contributed by atoms with Crippen LogP contribution in [0.5, 0.6) is 0 Å². The quantitative estimate of drug-likeness (QED) is 0.266. The molecule has 12 heteroatoms. The molecule has 1 saturated heterocycles. The SMILES string of the molecule is CC(=O)OCC1=C(C(=O)O)N2C(=O)C(NC(=O)CCCC(N)C(=O)O)[C@H]2SC1.